The molecule has 1 aromatic rings. The maximum Gasteiger partial charge on any atom is 0.141 e. The number of hydrogen-bond donors (Lipinski definition) is 3. The Balaban J connectivity index is 2.30. The normalized spacial score (nSPS) is 23.6. The van der Waals surface area contributed by atoms with Crippen molar-refractivity contribution in [1.82, 2.24) is 0 Å². The van der Waals surface area contributed by atoms with Gasteiger partial charge >= 0.3 is 0 Å². The zero-order chi connectivity index (χ0) is 10.9. The van der Waals surface area contributed by atoms with E-state index in [4.69, 9.17) is 11.5 Å². The maximum absolute atomic E-state index is 9.63. The van der Waals surface area contributed by atoms with Crippen LogP contribution in [0.4, 0.5) is 0 Å². The van der Waals surface area contributed by atoms with E-state index < -0.39 is 5.66 Å². The number of hydrogen-bond acceptors (Lipinski definition) is 3. The summed E-state index contributed by atoms with van der Waals surface area (Å²) in [6.07, 6.45) is 5.20. The van der Waals surface area contributed by atoms with Crippen LogP contribution >= 0.6 is 0 Å². The summed E-state index contributed by atoms with van der Waals surface area (Å²) >= 11 is 0. The minimum atomic E-state index is -1.22. The van der Waals surface area contributed by atoms with Crippen molar-refractivity contribution in [3.8, 4) is 0 Å². The number of rotatable bonds is 1. The smallest absolute Gasteiger partial charge is 0.141 e. The molecular weight excluding hydrogens is 188 g/mol. The lowest BCUT2D eigenvalue weighted by molar-refractivity contribution is 0.325. The summed E-state index contributed by atoms with van der Waals surface area (Å²) < 4.78 is 0. The molecular formula is C12H14N2O. The standard InChI is InChI=1S/C12H14N2O/c13-12(14)7-6-10(8-11(12)15)9-4-2-1-3-5-9/h1-8,10,15H,13-14H2. The Morgan fingerprint density at radius 1 is 1.13 bits per heavy atom. The van der Waals surface area contributed by atoms with E-state index in [1.165, 1.54) is 0 Å². The Labute approximate surface area is 88.7 Å². The monoisotopic (exact) mass is 202 g/mol. The average molecular weight is 202 g/mol. The van der Waals surface area contributed by atoms with Crippen LogP contribution in [0.15, 0.2) is 54.3 Å². The van der Waals surface area contributed by atoms with Crippen LogP contribution in [0.1, 0.15) is 11.5 Å². The average Bonchev–Trinajstić information content (AvgIpc) is 2.23. The largest absolute Gasteiger partial charge is 0.509 e. The molecule has 0 aromatic heterocycles. The molecule has 0 heterocycles. The van der Waals surface area contributed by atoms with Gasteiger partial charge < -0.3 is 16.6 Å². The highest BCUT2D eigenvalue weighted by Gasteiger charge is 2.26. The van der Waals surface area contributed by atoms with Gasteiger partial charge in [-0.15, -0.1) is 0 Å². The minimum Gasteiger partial charge on any atom is -0.509 e. The molecule has 0 bridgehead atoms. The molecule has 1 unspecified atom stereocenters. The van der Waals surface area contributed by atoms with Crippen LogP contribution in [-0.2, 0) is 0 Å². The van der Waals surface area contributed by atoms with Gasteiger partial charge in [0.1, 0.15) is 11.4 Å². The van der Waals surface area contributed by atoms with E-state index in [1.807, 2.05) is 36.4 Å². The molecule has 3 heteroatoms. The lowest BCUT2D eigenvalue weighted by Gasteiger charge is -2.25. The Kier molecular flexibility index (Phi) is 2.34. The van der Waals surface area contributed by atoms with Crippen molar-refractivity contribution in [2.24, 2.45) is 11.5 Å². The Hall–Kier alpha value is -1.58. The number of aliphatic hydroxyl groups is 1. The predicted octanol–water partition coefficient (Wildman–Crippen LogP) is 1.40. The Morgan fingerprint density at radius 2 is 1.80 bits per heavy atom. The Morgan fingerprint density at radius 3 is 2.40 bits per heavy atom. The fraction of sp³-hybridized carbons (Fsp3) is 0.167. The molecule has 0 aliphatic heterocycles. The first-order valence-corrected chi connectivity index (χ1v) is 4.83. The second kappa shape index (κ2) is 3.53. The van der Waals surface area contributed by atoms with E-state index in [0.29, 0.717) is 0 Å². The van der Waals surface area contributed by atoms with Crippen LogP contribution in [-0.4, -0.2) is 10.8 Å². The molecule has 0 saturated heterocycles. The first-order valence-electron chi connectivity index (χ1n) is 4.83. The van der Waals surface area contributed by atoms with Gasteiger partial charge in [0.05, 0.1) is 0 Å². The lowest BCUT2D eigenvalue weighted by atomic mass is 9.90. The lowest BCUT2D eigenvalue weighted by Crippen LogP contribution is -2.50. The summed E-state index contributed by atoms with van der Waals surface area (Å²) in [5, 5.41) is 9.63. The van der Waals surface area contributed by atoms with Crippen LogP contribution in [0.3, 0.4) is 0 Å². The molecule has 0 saturated carbocycles. The molecule has 0 spiro atoms. The summed E-state index contributed by atoms with van der Waals surface area (Å²) in [5.41, 5.74) is 11.2. The first-order chi connectivity index (χ1) is 7.09. The molecule has 2 rings (SSSR count). The third kappa shape index (κ3) is 1.93. The molecule has 15 heavy (non-hydrogen) atoms. The van der Waals surface area contributed by atoms with Crippen LogP contribution in [0.5, 0.6) is 0 Å². The zero-order valence-corrected chi connectivity index (χ0v) is 8.30. The fourth-order valence-electron chi connectivity index (χ4n) is 1.60. The molecule has 0 fully saturated rings. The molecule has 1 aliphatic rings. The van der Waals surface area contributed by atoms with Crippen molar-refractivity contribution < 1.29 is 5.11 Å². The van der Waals surface area contributed by atoms with E-state index in [2.05, 4.69) is 0 Å². The van der Waals surface area contributed by atoms with Gasteiger partial charge in [-0.3, -0.25) is 0 Å². The van der Waals surface area contributed by atoms with Crippen molar-refractivity contribution in [3.63, 3.8) is 0 Å². The summed E-state index contributed by atoms with van der Waals surface area (Å²) in [6.45, 7) is 0. The molecule has 1 aliphatic carbocycles. The number of aliphatic hydroxyl groups excluding tert-OH is 1. The van der Waals surface area contributed by atoms with E-state index >= 15 is 0 Å². The summed E-state index contributed by atoms with van der Waals surface area (Å²) in [5.74, 6) is 0.0604. The molecule has 1 aromatic carbocycles. The maximum atomic E-state index is 9.63. The minimum absolute atomic E-state index is 0.0128. The zero-order valence-electron chi connectivity index (χ0n) is 8.30. The van der Waals surface area contributed by atoms with Gasteiger partial charge in [-0.05, 0) is 17.7 Å². The van der Waals surface area contributed by atoms with E-state index in [1.54, 1.807) is 12.2 Å². The number of benzene rings is 1. The van der Waals surface area contributed by atoms with Crippen molar-refractivity contribution in [2.75, 3.05) is 0 Å². The van der Waals surface area contributed by atoms with Gasteiger partial charge in [-0.2, -0.15) is 0 Å². The summed E-state index contributed by atoms with van der Waals surface area (Å²) in [7, 11) is 0. The molecule has 0 radical (unpaired) electrons. The molecule has 1 atom stereocenters. The van der Waals surface area contributed by atoms with Crippen molar-refractivity contribution >= 4 is 0 Å². The van der Waals surface area contributed by atoms with Crippen molar-refractivity contribution in [1.29, 1.82) is 0 Å². The SMILES string of the molecule is NC1(N)C=CC(c2ccccc2)C=C1O. The second-order valence-electron chi connectivity index (χ2n) is 3.78. The highest BCUT2D eigenvalue weighted by Crippen LogP contribution is 2.26. The number of nitrogens with two attached hydrogens (primary N) is 2. The van der Waals surface area contributed by atoms with Crippen LogP contribution in [0.2, 0.25) is 0 Å². The van der Waals surface area contributed by atoms with Gasteiger partial charge in [-0.1, -0.05) is 36.4 Å². The van der Waals surface area contributed by atoms with Gasteiger partial charge in [0.25, 0.3) is 0 Å². The van der Waals surface area contributed by atoms with E-state index in [0.717, 1.165) is 5.56 Å². The highest BCUT2D eigenvalue weighted by molar-refractivity contribution is 5.37. The first kappa shape index (κ1) is 9.96. The second-order valence-corrected chi connectivity index (χ2v) is 3.78. The van der Waals surface area contributed by atoms with E-state index in [9.17, 15) is 5.11 Å². The number of allylic oxidation sites excluding steroid dienone is 2. The van der Waals surface area contributed by atoms with Gasteiger partial charge in [0.15, 0.2) is 0 Å². The van der Waals surface area contributed by atoms with Crippen molar-refractivity contribution in [2.45, 2.75) is 11.6 Å². The fourth-order valence-corrected chi connectivity index (χ4v) is 1.60. The van der Waals surface area contributed by atoms with Gasteiger partial charge in [0.2, 0.25) is 0 Å². The third-order valence-corrected chi connectivity index (χ3v) is 2.54. The highest BCUT2D eigenvalue weighted by atomic mass is 16.3. The third-order valence-electron chi connectivity index (χ3n) is 2.54. The summed E-state index contributed by atoms with van der Waals surface area (Å²) in [4.78, 5) is 0. The molecule has 3 nitrogen and oxygen atoms in total. The van der Waals surface area contributed by atoms with Gasteiger partial charge in [-0.25, -0.2) is 0 Å². The van der Waals surface area contributed by atoms with Gasteiger partial charge in [0, 0.05) is 5.92 Å². The van der Waals surface area contributed by atoms with Crippen LogP contribution < -0.4 is 11.5 Å². The molecule has 0 amide bonds. The topological polar surface area (TPSA) is 72.3 Å². The quantitative estimate of drug-likeness (QED) is 0.476. The van der Waals surface area contributed by atoms with Crippen LogP contribution in [0.25, 0.3) is 0 Å². The predicted molar refractivity (Wildman–Crippen MR) is 60.1 cm³/mol. The molecule has 78 valence electrons. The van der Waals surface area contributed by atoms with Crippen LogP contribution in [0, 0.1) is 0 Å². The summed E-state index contributed by atoms with van der Waals surface area (Å²) in [6, 6.07) is 9.87. The van der Waals surface area contributed by atoms with Crippen molar-refractivity contribution in [3.05, 3.63) is 59.9 Å². The Bertz CT molecular complexity index is 407. The molecule has 5 N–H and O–H groups in total. The van der Waals surface area contributed by atoms with E-state index in [-0.39, 0.29) is 11.7 Å².